The Balaban J connectivity index is 1.40. The number of nitrogens with two attached hydrogens (primary N) is 1. The van der Waals surface area contributed by atoms with Crippen LogP contribution in [0.3, 0.4) is 0 Å². The van der Waals surface area contributed by atoms with E-state index in [0.717, 1.165) is 29.6 Å². The van der Waals surface area contributed by atoms with Crippen molar-refractivity contribution in [2.24, 2.45) is 23.7 Å². The maximum Gasteiger partial charge on any atom is 0.332 e. The fourth-order valence-electron chi connectivity index (χ4n) is 7.05. The zero-order chi connectivity index (χ0) is 22.0. The van der Waals surface area contributed by atoms with Crippen molar-refractivity contribution >= 4 is 16.9 Å². The Hall–Kier alpha value is -2.83. The zero-order valence-electron chi connectivity index (χ0n) is 18.6. The van der Waals surface area contributed by atoms with Crippen LogP contribution >= 0.6 is 0 Å². The minimum atomic E-state index is -0.258. The molecule has 7 rings (SSSR count). The average Bonchev–Trinajstić information content (AvgIpc) is 3.41. The molecule has 4 fully saturated rings. The highest BCUT2D eigenvalue weighted by molar-refractivity contribution is 5.70. The van der Waals surface area contributed by atoms with Crippen LogP contribution in [-0.2, 0) is 19.5 Å². The number of nitrogens with one attached hydrogen (secondary N) is 1. The van der Waals surface area contributed by atoms with E-state index in [1.54, 1.807) is 4.57 Å². The van der Waals surface area contributed by atoms with E-state index in [2.05, 4.69) is 4.98 Å². The second-order valence-corrected chi connectivity index (χ2v) is 10.2. The summed E-state index contributed by atoms with van der Waals surface area (Å²) >= 11 is 0. The van der Waals surface area contributed by atoms with Crippen molar-refractivity contribution in [2.45, 2.75) is 64.5 Å². The molecule has 7 heteroatoms. The summed E-state index contributed by atoms with van der Waals surface area (Å²) in [5, 5.41) is 0. The third-order valence-electron chi connectivity index (χ3n) is 8.30. The van der Waals surface area contributed by atoms with Crippen molar-refractivity contribution in [2.75, 3.05) is 5.73 Å². The number of imidazole rings is 1. The highest BCUT2D eigenvalue weighted by atomic mass is 16.2. The smallest absolute Gasteiger partial charge is 0.332 e. The number of aryl methyl sites for hydroxylation is 2. The SMILES string of the molecule is CCCn1c(=O)n(CCc2ccc(N)cc2)c(=O)c2[nH]c(C3C4CC5CC(C4)C3C5)nc21. The van der Waals surface area contributed by atoms with Crippen LogP contribution < -0.4 is 17.0 Å². The van der Waals surface area contributed by atoms with Gasteiger partial charge in [0.25, 0.3) is 5.56 Å². The van der Waals surface area contributed by atoms with E-state index in [1.807, 2.05) is 31.2 Å². The number of hydrogen-bond donors (Lipinski definition) is 2. The molecule has 7 nitrogen and oxygen atoms in total. The maximum atomic E-state index is 13.4. The molecule has 0 spiro atoms. The Bertz CT molecular complexity index is 1280. The van der Waals surface area contributed by atoms with Crippen molar-refractivity contribution in [1.29, 1.82) is 0 Å². The van der Waals surface area contributed by atoms with E-state index < -0.39 is 0 Å². The van der Waals surface area contributed by atoms with Crippen molar-refractivity contribution in [1.82, 2.24) is 19.1 Å². The van der Waals surface area contributed by atoms with Gasteiger partial charge in [-0.15, -0.1) is 0 Å². The molecular weight excluding hydrogens is 402 g/mol. The average molecular weight is 434 g/mol. The summed E-state index contributed by atoms with van der Waals surface area (Å²) in [6.07, 6.45) is 6.68. The third kappa shape index (κ3) is 2.97. The number of aromatic nitrogens is 4. The number of benzene rings is 1. The van der Waals surface area contributed by atoms with Gasteiger partial charge in [-0.2, -0.15) is 0 Å². The molecule has 5 atom stereocenters. The summed E-state index contributed by atoms with van der Waals surface area (Å²) in [5.41, 5.74) is 8.05. The van der Waals surface area contributed by atoms with Crippen LogP contribution in [0.15, 0.2) is 33.9 Å². The third-order valence-corrected chi connectivity index (χ3v) is 8.30. The first-order chi connectivity index (χ1) is 15.5. The van der Waals surface area contributed by atoms with Crippen molar-refractivity contribution < 1.29 is 0 Å². The van der Waals surface area contributed by atoms with Gasteiger partial charge in [-0.25, -0.2) is 9.78 Å². The normalized spacial score (nSPS) is 28.2. The standard InChI is InChI=1S/C25H31N5O2/c1-2-8-29-23-21(24(31)30(25(29)32)9-7-14-3-5-18(26)6-4-14)27-22(28-23)20-17-11-15-10-16(13-17)19(20)12-15/h3-6,15-17,19-20H,2,7-13,26H2,1H3,(H,27,28). The lowest BCUT2D eigenvalue weighted by molar-refractivity contribution is 0.244. The molecule has 1 aromatic carbocycles. The van der Waals surface area contributed by atoms with Gasteiger partial charge in [0, 0.05) is 24.7 Å². The summed E-state index contributed by atoms with van der Waals surface area (Å²) < 4.78 is 3.08. The summed E-state index contributed by atoms with van der Waals surface area (Å²) in [7, 11) is 0. The van der Waals surface area contributed by atoms with Crippen LogP contribution in [0.25, 0.3) is 11.2 Å². The molecule has 4 bridgehead atoms. The van der Waals surface area contributed by atoms with E-state index in [0.29, 0.717) is 54.1 Å². The fourth-order valence-corrected chi connectivity index (χ4v) is 7.05. The lowest BCUT2D eigenvalue weighted by Crippen LogP contribution is -2.40. The molecule has 0 saturated heterocycles. The molecule has 0 aliphatic heterocycles. The Morgan fingerprint density at radius 1 is 1.03 bits per heavy atom. The zero-order valence-corrected chi connectivity index (χ0v) is 18.6. The number of nitrogen functional groups attached to an aromatic ring is 1. The molecule has 2 aromatic heterocycles. The second-order valence-electron chi connectivity index (χ2n) is 10.2. The molecule has 4 saturated carbocycles. The largest absolute Gasteiger partial charge is 0.399 e. The molecule has 3 N–H and O–H groups in total. The molecular formula is C25H31N5O2. The topological polar surface area (TPSA) is 98.7 Å². The first-order valence-electron chi connectivity index (χ1n) is 12.1. The predicted octanol–water partition coefficient (Wildman–Crippen LogP) is 3.27. The van der Waals surface area contributed by atoms with Crippen LogP contribution in [0.2, 0.25) is 0 Å². The molecule has 0 radical (unpaired) electrons. The molecule has 4 aliphatic carbocycles. The van der Waals surface area contributed by atoms with Crippen molar-refractivity contribution in [3.63, 3.8) is 0 Å². The number of fused-ring (bicyclic) bond motifs is 1. The Morgan fingerprint density at radius 3 is 2.56 bits per heavy atom. The van der Waals surface area contributed by atoms with Gasteiger partial charge < -0.3 is 10.7 Å². The molecule has 5 unspecified atom stereocenters. The quantitative estimate of drug-likeness (QED) is 0.583. The van der Waals surface area contributed by atoms with Gasteiger partial charge in [-0.1, -0.05) is 19.1 Å². The van der Waals surface area contributed by atoms with Crippen molar-refractivity contribution in [3.05, 3.63) is 56.5 Å². The predicted molar refractivity (Wildman–Crippen MR) is 125 cm³/mol. The van der Waals surface area contributed by atoms with E-state index in [9.17, 15) is 9.59 Å². The summed E-state index contributed by atoms with van der Waals surface area (Å²) in [6.45, 7) is 2.95. The van der Waals surface area contributed by atoms with Gasteiger partial charge in [0.05, 0.1) is 0 Å². The first-order valence-corrected chi connectivity index (χ1v) is 12.1. The monoisotopic (exact) mass is 433 g/mol. The highest BCUT2D eigenvalue weighted by Gasteiger charge is 2.55. The lowest BCUT2D eigenvalue weighted by atomic mass is 9.75. The number of aromatic amines is 1. The van der Waals surface area contributed by atoms with Gasteiger partial charge in [-0.05, 0) is 79.9 Å². The van der Waals surface area contributed by atoms with Crippen LogP contribution in [0, 0.1) is 23.7 Å². The number of hydrogen-bond acceptors (Lipinski definition) is 4. The number of anilines is 1. The molecule has 3 aromatic rings. The first kappa shape index (κ1) is 19.8. The van der Waals surface area contributed by atoms with E-state index >= 15 is 0 Å². The number of H-pyrrole nitrogens is 1. The van der Waals surface area contributed by atoms with Crippen LogP contribution in [0.4, 0.5) is 5.69 Å². The summed E-state index contributed by atoms with van der Waals surface area (Å²) in [6, 6.07) is 7.59. The molecule has 168 valence electrons. The van der Waals surface area contributed by atoms with Gasteiger partial charge >= 0.3 is 5.69 Å². The van der Waals surface area contributed by atoms with Crippen LogP contribution in [0.1, 0.15) is 56.3 Å². The maximum absolute atomic E-state index is 13.4. The van der Waals surface area contributed by atoms with Gasteiger partial charge in [0.15, 0.2) is 5.65 Å². The molecule has 32 heavy (non-hydrogen) atoms. The molecule has 4 aliphatic rings. The minimum Gasteiger partial charge on any atom is -0.399 e. The Kier molecular flexibility index (Phi) is 4.56. The summed E-state index contributed by atoms with van der Waals surface area (Å²) in [5.74, 6) is 4.45. The van der Waals surface area contributed by atoms with Gasteiger partial charge in [0.2, 0.25) is 0 Å². The highest BCUT2D eigenvalue weighted by Crippen LogP contribution is 2.63. The Labute approximate surface area is 186 Å². The minimum absolute atomic E-state index is 0.251. The second kappa shape index (κ2) is 7.36. The Morgan fingerprint density at radius 2 is 1.81 bits per heavy atom. The molecule has 0 amide bonds. The van der Waals surface area contributed by atoms with Crippen LogP contribution in [-0.4, -0.2) is 19.1 Å². The van der Waals surface area contributed by atoms with E-state index in [-0.39, 0.29) is 11.2 Å². The van der Waals surface area contributed by atoms with Gasteiger partial charge in [0.1, 0.15) is 11.3 Å². The van der Waals surface area contributed by atoms with E-state index in [4.69, 9.17) is 10.7 Å². The fraction of sp³-hybridized carbons (Fsp3) is 0.560. The molecule has 2 heterocycles. The summed E-state index contributed by atoms with van der Waals surface area (Å²) in [4.78, 5) is 35.0. The lowest BCUT2D eigenvalue weighted by Gasteiger charge is -2.30. The number of nitrogens with zero attached hydrogens (tertiary/aromatic N) is 3. The number of rotatable bonds is 6. The van der Waals surface area contributed by atoms with Crippen molar-refractivity contribution in [3.8, 4) is 0 Å². The van der Waals surface area contributed by atoms with Crippen LogP contribution in [0.5, 0.6) is 0 Å². The van der Waals surface area contributed by atoms with Gasteiger partial charge in [-0.3, -0.25) is 13.9 Å². The van der Waals surface area contributed by atoms with E-state index in [1.165, 1.54) is 30.3 Å².